The summed E-state index contributed by atoms with van der Waals surface area (Å²) in [6.07, 6.45) is 3.57. The van der Waals surface area contributed by atoms with Gasteiger partial charge in [-0.1, -0.05) is 34.6 Å². The monoisotopic (exact) mass is 268 g/mol. The third-order valence-electron chi connectivity index (χ3n) is 3.40. The maximum Gasteiger partial charge on any atom is 0.0928 e. The van der Waals surface area contributed by atoms with Crippen LogP contribution in [-0.4, -0.2) is 18.1 Å². The van der Waals surface area contributed by atoms with Gasteiger partial charge in [0.15, 0.2) is 0 Å². The van der Waals surface area contributed by atoms with Gasteiger partial charge in [0.25, 0.3) is 0 Å². The molecule has 0 aliphatic rings. The van der Waals surface area contributed by atoms with Crippen molar-refractivity contribution < 1.29 is 0 Å². The van der Waals surface area contributed by atoms with E-state index in [1.807, 2.05) is 11.3 Å². The molecule has 3 heteroatoms. The van der Waals surface area contributed by atoms with Crippen molar-refractivity contribution in [3.8, 4) is 0 Å². The van der Waals surface area contributed by atoms with Crippen LogP contribution in [0.5, 0.6) is 0 Å². The topological polar surface area (TPSA) is 24.9 Å². The van der Waals surface area contributed by atoms with Crippen LogP contribution in [-0.2, 0) is 11.8 Å². The molecule has 0 saturated heterocycles. The van der Waals surface area contributed by atoms with Crippen LogP contribution < -0.4 is 5.32 Å². The number of hydrogen-bond acceptors (Lipinski definition) is 3. The molecule has 1 atom stereocenters. The molecule has 0 aromatic carbocycles. The van der Waals surface area contributed by atoms with E-state index in [2.05, 4.69) is 52.4 Å². The van der Waals surface area contributed by atoms with Gasteiger partial charge in [-0.05, 0) is 32.2 Å². The lowest BCUT2D eigenvalue weighted by Gasteiger charge is -2.19. The second-order valence-corrected chi connectivity index (χ2v) is 7.35. The van der Waals surface area contributed by atoms with Crippen LogP contribution in [0.3, 0.4) is 0 Å². The van der Waals surface area contributed by atoms with Crippen LogP contribution in [0.4, 0.5) is 0 Å². The Morgan fingerprint density at radius 3 is 2.44 bits per heavy atom. The Hall–Kier alpha value is -0.410. The maximum atomic E-state index is 4.75. The molecule has 2 nitrogen and oxygen atoms in total. The summed E-state index contributed by atoms with van der Waals surface area (Å²) in [5, 5.41) is 6.91. The average molecular weight is 268 g/mol. The number of hydrogen-bond donors (Lipinski definition) is 1. The zero-order chi connectivity index (χ0) is 13.8. The molecular formula is C15H28N2S. The van der Waals surface area contributed by atoms with Crippen molar-refractivity contribution in [3.63, 3.8) is 0 Å². The number of aromatic nitrogens is 1. The summed E-state index contributed by atoms with van der Waals surface area (Å²) < 4.78 is 0. The van der Waals surface area contributed by atoms with Crippen LogP contribution in [0, 0.1) is 5.92 Å². The van der Waals surface area contributed by atoms with E-state index in [4.69, 9.17) is 4.98 Å². The first-order chi connectivity index (χ1) is 8.34. The van der Waals surface area contributed by atoms with E-state index in [0.29, 0.717) is 12.0 Å². The zero-order valence-electron chi connectivity index (χ0n) is 12.7. The second kappa shape index (κ2) is 6.67. The largest absolute Gasteiger partial charge is 0.317 e. The molecule has 1 heterocycles. The molecule has 18 heavy (non-hydrogen) atoms. The molecule has 1 unspecified atom stereocenters. The molecule has 0 bridgehead atoms. The van der Waals surface area contributed by atoms with Crippen molar-refractivity contribution in [2.75, 3.05) is 7.05 Å². The normalized spacial score (nSPS) is 14.2. The summed E-state index contributed by atoms with van der Waals surface area (Å²) in [5.41, 5.74) is 1.41. The van der Waals surface area contributed by atoms with Gasteiger partial charge in [-0.2, -0.15) is 0 Å². The summed E-state index contributed by atoms with van der Waals surface area (Å²) >= 11 is 1.81. The first-order valence-electron chi connectivity index (χ1n) is 6.96. The highest BCUT2D eigenvalue weighted by molar-refractivity contribution is 7.09. The second-order valence-electron chi connectivity index (χ2n) is 6.41. The first kappa shape index (κ1) is 15.6. The Morgan fingerprint density at radius 2 is 2.00 bits per heavy atom. The molecule has 0 aliphatic heterocycles. The molecule has 0 aliphatic carbocycles. The average Bonchev–Trinajstić information content (AvgIpc) is 2.72. The molecule has 0 spiro atoms. The molecule has 1 rings (SSSR count). The third kappa shape index (κ3) is 4.69. The Morgan fingerprint density at radius 1 is 1.33 bits per heavy atom. The lowest BCUT2D eigenvalue weighted by molar-refractivity contribution is 0.393. The van der Waals surface area contributed by atoms with Gasteiger partial charge in [0.2, 0.25) is 0 Å². The standard InChI is InChI=1S/C15H28N2S/c1-11(2)12(16-6)8-7-9-14-17-13(10-18-14)15(3,4)5/h10-12,16H,7-9H2,1-6H3. The van der Waals surface area contributed by atoms with Gasteiger partial charge < -0.3 is 5.32 Å². The zero-order valence-corrected chi connectivity index (χ0v) is 13.5. The summed E-state index contributed by atoms with van der Waals surface area (Å²) in [6, 6.07) is 0.632. The summed E-state index contributed by atoms with van der Waals surface area (Å²) in [5.74, 6) is 0.705. The van der Waals surface area contributed by atoms with Gasteiger partial charge in [0.1, 0.15) is 0 Å². The maximum absolute atomic E-state index is 4.75. The van der Waals surface area contributed by atoms with Gasteiger partial charge in [0, 0.05) is 16.8 Å². The number of rotatable bonds is 6. The fourth-order valence-electron chi connectivity index (χ4n) is 2.05. The summed E-state index contributed by atoms with van der Waals surface area (Å²) in [6.45, 7) is 11.2. The lowest BCUT2D eigenvalue weighted by Crippen LogP contribution is -2.30. The van der Waals surface area contributed by atoms with Gasteiger partial charge >= 0.3 is 0 Å². The predicted octanol–water partition coefficient (Wildman–Crippen LogP) is 4.01. The number of thiazole rings is 1. The number of nitrogens with one attached hydrogen (secondary N) is 1. The SMILES string of the molecule is CNC(CCCc1nc(C(C)(C)C)cs1)C(C)C. The first-order valence-corrected chi connectivity index (χ1v) is 7.84. The summed E-state index contributed by atoms with van der Waals surface area (Å²) in [4.78, 5) is 4.75. The van der Waals surface area contributed by atoms with Crippen molar-refractivity contribution >= 4 is 11.3 Å². The smallest absolute Gasteiger partial charge is 0.0928 e. The van der Waals surface area contributed by atoms with E-state index in [1.54, 1.807) is 0 Å². The Kier molecular flexibility index (Phi) is 5.80. The minimum Gasteiger partial charge on any atom is -0.317 e. The third-order valence-corrected chi connectivity index (χ3v) is 4.31. The molecule has 0 amide bonds. The van der Waals surface area contributed by atoms with E-state index in [0.717, 1.165) is 6.42 Å². The van der Waals surface area contributed by atoms with E-state index >= 15 is 0 Å². The van der Waals surface area contributed by atoms with Crippen molar-refractivity contribution in [3.05, 3.63) is 16.1 Å². The Bertz CT molecular complexity index is 350. The molecule has 1 N–H and O–H groups in total. The van der Waals surface area contributed by atoms with Crippen molar-refractivity contribution in [1.29, 1.82) is 0 Å². The van der Waals surface area contributed by atoms with Gasteiger partial charge in [-0.15, -0.1) is 11.3 Å². The number of nitrogens with zero attached hydrogens (tertiary/aromatic N) is 1. The van der Waals surface area contributed by atoms with Crippen LogP contribution in [0.25, 0.3) is 0 Å². The molecule has 0 saturated carbocycles. The van der Waals surface area contributed by atoms with Crippen LogP contribution in [0.15, 0.2) is 5.38 Å². The van der Waals surface area contributed by atoms with Crippen molar-refractivity contribution in [1.82, 2.24) is 10.3 Å². The Labute approximate surface area is 116 Å². The molecule has 104 valence electrons. The van der Waals surface area contributed by atoms with E-state index < -0.39 is 0 Å². The molecule has 1 aromatic rings. The molecule has 1 aromatic heterocycles. The van der Waals surface area contributed by atoms with Crippen LogP contribution >= 0.6 is 11.3 Å². The van der Waals surface area contributed by atoms with E-state index in [-0.39, 0.29) is 5.41 Å². The van der Waals surface area contributed by atoms with Crippen LogP contribution in [0.2, 0.25) is 0 Å². The van der Waals surface area contributed by atoms with Crippen molar-refractivity contribution in [2.24, 2.45) is 5.92 Å². The van der Waals surface area contributed by atoms with Gasteiger partial charge in [-0.3, -0.25) is 0 Å². The van der Waals surface area contributed by atoms with E-state index in [1.165, 1.54) is 23.5 Å². The highest BCUT2D eigenvalue weighted by Crippen LogP contribution is 2.24. The molecule has 0 radical (unpaired) electrons. The summed E-state index contributed by atoms with van der Waals surface area (Å²) in [7, 11) is 2.06. The Balaban J connectivity index is 2.42. The van der Waals surface area contributed by atoms with Crippen LogP contribution in [0.1, 0.15) is 58.2 Å². The molecular weight excluding hydrogens is 240 g/mol. The van der Waals surface area contributed by atoms with Gasteiger partial charge in [-0.25, -0.2) is 4.98 Å². The quantitative estimate of drug-likeness (QED) is 0.843. The predicted molar refractivity (Wildman–Crippen MR) is 81.4 cm³/mol. The minimum atomic E-state index is 0.181. The van der Waals surface area contributed by atoms with Gasteiger partial charge in [0.05, 0.1) is 10.7 Å². The van der Waals surface area contributed by atoms with Crippen molar-refractivity contribution in [2.45, 2.75) is 65.3 Å². The number of aryl methyl sites for hydroxylation is 1. The highest BCUT2D eigenvalue weighted by Gasteiger charge is 2.17. The van der Waals surface area contributed by atoms with E-state index in [9.17, 15) is 0 Å². The lowest BCUT2D eigenvalue weighted by atomic mass is 9.93. The minimum absolute atomic E-state index is 0.181. The highest BCUT2D eigenvalue weighted by atomic mass is 32.1. The fraction of sp³-hybridized carbons (Fsp3) is 0.800. The fourth-order valence-corrected chi connectivity index (χ4v) is 3.12. The molecule has 0 fully saturated rings.